The van der Waals surface area contributed by atoms with Gasteiger partial charge in [0.2, 0.25) is 0 Å². The zero-order valence-electron chi connectivity index (χ0n) is 18.7. The van der Waals surface area contributed by atoms with Crippen LogP contribution in [0.3, 0.4) is 0 Å². The molecule has 170 valence electrons. The lowest BCUT2D eigenvalue weighted by Crippen LogP contribution is -2.15. The number of benzene rings is 2. The van der Waals surface area contributed by atoms with Crippen molar-refractivity contribution in [3.63, 3.8) is 0 Å². The molecule has 1 N–H and O–H groups in total. The first-order valence-electron chi connectivity index (χ1n) is 10.5. The Morgan fingerprint density at radius 3 is 2.55 bits per heavy atom. The average molecular weight is 513 g/mol. The minimum absolute atomic E-state index is 0.159. The molecular formula is C25H23BrF2N4O. The molecule has 0 spiro atoms. The fourth-order valence-corrected chi connectivity index (χ4v) is 4.09. The number of nitrogens with one attached hydrogen (secondary N) is 1. The van der Waals surface area contributed by atoms with Gasteiger partial charge < -0.3 is 5.32 Å². The molecule has 2 aromatic carbocycles. The normalized spacial score (nSPS) is 11.4. The number of hydrogen-bond donors (Lipinski definition) is 1. The van der Waals surface area contributed by atoms with Crippen LogP contribution in [0.4, 0.5) is 14.5 Å². The van der Waals surface area contributed by atoms with Gasteiger partial charge in [0.1, 0.15) is 0 Å². The maximum atomic E-state index is 13.6. The van der Waals surface area contributed by atoms with E-state index in [-0.39, 0.29) is 18.4 Å². The predicted octanol–water partition coefficient (Wildman–Crippen LogP) is 6.51. The molecule has 2 heterocycles. The number of hydrogen-bond acceptors (Lipinski definition) is 3. The van der Waals surface area contributed by atoms with E-state index in [1.807, 2.05) is 45.0 Å². The molecule has 1 amide bonds. The van der Waals surface area contributed by atoms with Crippen molar-refractivity contribution in [2.45, 2.75) is 40.2 Å². The van der Waals surface area contributed by atoms with Crippen LogP contribution in [0.15, 0.2) is 46.9 Å². The summed E-state index contributed by atoms with van der Waals surface area (Å²) in [4.78, 5) is 18.1. The molecular weight excluding hydrogens is 490 g/mol. The summed E-state index contributed by atoms with van der Waals surface area (Å²) in [6, 6.07) is 11.3. The fourth-order valence-electron chi connectivity index (χ4n) is 3.73. The molecule has 0 aliphatic carbocycles. The molecule has 0 fully saturated rings. The van der Waals surface area contributed by atoms with E-state index in [0.717, 1.165) is 33.2 Å². The van der Waals surface area contributed by atoms with E-state index >= 15 is 0 Å². The highest BCUT2D eigenvalue weighted by molar-refractivity contribution is 9.10. The summed E-state index contributed by atoms with van der Waals surface area (Å²) in [6.07, 6.45) is 0. The smallest absolute Gasteiger partial charge is 0.256 e. The summed E-state index contributed by atoms with van der Waals surface area (Å²) in [5, 5.41) is 8.24. The van der Waals surface area contributed by atoms with Crippen LogP contribution in [0.2, 0.25) is 0 Å². The number of amides is 1. The summed E-state index contributed by atoms with van der Waals surface area (Å²) < 4.78 is 29.4. The van der Waals surface area contributed by atoms with Crippen molar-refractivity contribution in [1.82, 2.24) is 14.8 Å². The number of nitrogens with zero attached hydrogens (tertiary/aromatic N) is 3. The molecule has 0 radical (unpaired) electrons. The Morgan fingerprint density at radius 1 is 1.09 bits per heavy atom. The zero-order valence-corrected chi connectivity index (χ0v) is 20.3. The fraction of sp³-hybridized carbons (Fsp3) is 0.240. The Kier molecular flexibility index (Phi) is 6.30. The number of aryl methyl sites for hydroxylation is 1. The van der Waals surface area contributed by atoms with Gasteiger partial charge in [-0.3, -0.25) is 14.5 Å². The third-order valence-electron chi connectivity index (χ3n) is 5.56. The van der Waals surface area contributed by atoms with Crippen LogP contribution in [0.25, 0.3) is 10.9 Å². The maximum absolute atomic E-state index is 13.6. The molecule has 8 heteroatoms. The first-order chi connectivity index (χ1) is 15.6. The first kappa shape index (κ1) is 23.0. The number of pyridine rings is 1. The van der Waals surface area contributed by atoms with Gasteiger partial charge in [0, 0.05) is 15.6 Å². The van der Waals surface area contributed by atoms with Crippen LogP contribution in [0, 0.1) is 25.5 Å². The SMILES string of the molecule is Cc1nn(Cc2ccc(F)c(F)c2)c(C)c1NC(=O)c1cc(C(C)C)nc2ccc(Br)cc12. The Labute approximate surface area is 199 Å². The zero-order chi connectivity index (χ0) is 23.9. The summed E-state index contributed by atoms with van der Waals surface area (Å²) in [5.41, 5.74) is 4.62. The second-order valence-electron chi connectivity index (χ2n) is 8.32. The second kappa shape index (κ2) is 9.02. The largest absolute Gasteiger partial charge is 0.319 e. The van der Waals surface area contributed by atoms with Gasteiger partial charge in [0.15, 0.2) is 11.6 Å². The van der Waals surface area contributed by atoms with Crippen molar-refractivity contribution in [2.24, 2.45) is 0 Å². The molecule has 0 aliphatic heterocycles. The molecule has 0 saturated heterocycles. The molecule has 0 aliphatic rings. The van der Waals surface area contributed by atoms with Crippen molar-refractivity contribution in [3.05, 3.63) is 86.8 Å². The Morgan fingerprint density at radius 2 is 1.85 bits per heavy atom. The van der Waals surface area contributed by atoms with Crippen molar-refractivity contribution >= 4 is 38.4 Å². The van der Waals surface area contributed by atoms with Crippen LogP contribution < -0.4 is 5.32 Å². The highest BCUT2D eigenvalue weighted by Gasteiger charge is 2.19. The third kappa shape index (κ3) is 4.66. The van der Waals surface area contributed by atoms with Gasteiger partial charge in [-0.15, -0.1) is 0 Å². The predicted molar refractivity (Wildman–Crippen MR) is 129 cm³/mol. The number of carbonyl (C=O) groups excluding carboxylic acids is 1. The van der Waals surface area contributed by atoms with Gasteiger partial charge in [-0.05, 0) is 61.7 Å². The van der Waals surface area contributed by atoms with E-state index in [1.54, 1.807) is 11.6 Å². The molecule has 2 aromatic heterocycles. The van der Waals surface area contributed by atoms with E-state index in [0.29, 0.717) is 28.2 Å². The highest BCUT2D eigenvalue weighted by atomic mass is 79.9. The van der Waals surface area contributed by atoms with Crippen molar-refractivity contribution < 1.29 is 13.6 Å². The van der Waals surface area contributed by atoms with Crippen LogP contribution >= 0.6 is 15.9 Å². The quantitative estimate of drug-likeness (QED) is 0.331. The molecule has 0 unspecified atom stereocenters. The number of anilines is 1. The maximum Gasteiger partial charge on any atom is 0.256 e. The van der Waals surface area contributed by atoms with Gasteiger partial charge in [-0.2, -0.15) is 5.10 Å². The van der Waals surface area contributed by atoms with Gasteiger partial charge in [0.05, 0.1) is 34.7 Å². The van der Waals surface area contributed by atoms with Crippen molar-refractivity contribution in [2.75, 3.05) is 5.32 Å². The lowest BCUT2D eigenvalue weighted by Gasteiger charge is -2.13. The topological polar surface area (TPSA) is 59.8 Å². The third-order valence-corrected chi connectivity index (χ3v) is 6.06. The van der Waals surface area contributed by atoms with Gasteiger partial charge in [0.25, 0.3) is 5.91 Å². The van der Waals surface area contributed by atoms with E-state index in [1.165, 1.54) is 6.07 Å². The van der Waals surface area contributed by atoms with Crippen LogP contribution in [-0.4, -0.2) is 20.7 Å². The summed E-state index contributed by atoms with van der Waals surface area (Å²) in [7, 11) is 0. The number of carbonyl (C=O) groups is 1. The van der Waals surface area contributed by atoms with E-state index in [9.17, 15) is 13.6 Å². The van der Waals surface area contributed by atoms with Crippen molar-refractivity contribution in [3.8, 4) is 0 Å². The van der Waals surface area contributed by atoms with E-state index in [2.05, 4.69) is 26.3 Å². The second-order valence-corrected chi connectivity index (χ2v) is 9.23. The Hall–Kier alpha value is -3.13. The monoisotopic (exact) mass is 512 g/mol. The summed E-state index contributed by atoms with van der Waals surface area (Å²) in [6.45, 7) is 7.94. The van der Waals surface area contributed by atoms with Gasteiger partial charge in [-0.25, -0.2) is 8.78 Å². The summed E-state index contributed by atoms with van der Waals surface area (Å²) in [5.74, 6) is -1.90. The van der Waals surface area contributed by atoms with E-state index in [4.69, 9.17) is 4.98 Å². The lowest BCUT2D eigenvalue weighted by molar-refractivity contribution is 0.102. The molecule has 5 nitrogen and oxygen atoms in total. The summed E-state index contributed by atoms with van der Waals surface area (Å²) >= 11 is 3.47. The van der Waals surface area contributed by atoms with Gasteiger partial charge in [-0.1, -0.05) is 35.8 Å². The molecule has 4 aromatic rings. The molecule has 0 atom stereocenters. The molecule has 4 rings (SSSR count). The molecule has 33 heavy (non-hydrogen) atoms. The van der Waals surface area contributed by atoms with Crippen molar-refractivity contribution in [1.29, 1.82) is 0 Å². The van der Waals surface area contributed by atoms with Gasteiger partial charge >= 0.3 is 0 Å². The van der Waals surface area contributed by atoms with Crippen LogP contribution in [0.1, 0.15) is 52.8 Å². The highest BCUT2D eigenvalue weighted by Crippen LogP contribution is 2.28. The number of fused-ring (bicyclic) bond motifs is 1. The average Bonchev–Trinajstić information content (AvgIpc) is 3.02. The number of halogens is 3. The van der Waals surface area contributed by atoms with Crippen LogP contribution in [0.5, 0.6) is 0 Å². The van der Waals surface area contributed by atoms with E-state index < -0.39 is 11.6 Å². The minimum atomic E-state index is -0.903. The number of aromatic nitrogens is 3. The molecule has 0 bridgehead atoms. The Bertz CT molecular complexity index is 1380. The first-order valence-corrected chi connectivity index (χ1v) is 11.3. The van der Waals surface area contributed by atoms with Crippen LogP contribution in [-0.2, 0) is 6.54 Å². The minimum Gasteiger partial charge on any atom is -0.319 e. The lowest BCUT2D eigenvalue weighted by atomic mass is 10.0. The molecule has 0 saturated carbocycles. The standard InChI is InChI=1S/C25H23BrF2N4O/c1-13(2)23-11-19(18-10-17(26)6-8-22(18)29-23)25(33)30-24-14(3)31-32(15(24)4)12-16-5-7-20(27)21(28)9-16/h5-11,13H,12H2,1-4H3,(H,30,33). The number of rotatable bonds is 5. The Balaban J connectivity index is 1.68.